The zero-order chi connectivity index (χ0) is 16.0. The summed E-state index contributed by atoms with van der Waals surface area (Å²) in [5.41, 5.74) is -0.629. The van der Waals surface area contributed by atoms with Crippen LogP contribution in [0.15, 0.2) is 28.5 Å². The third-order valence-corrected chi connectivity index (χ3v) is 3.96. The second-order valence-electron chi connectivity index (χ2n) is 4.65. The highest BCUT2D eigenvalue weighted by Gasteiger charge is 2.19. The van der Waals surface area contributed by atoms with Gasteiger partial charge in [-0.25, -0.2) is 13.6 Å². The highest BCUT2D eigenvalue weighted by atomic mass is 32.1. The molecule has 0 aliphatic carbocycles. The summed E-state index contributed by atoms with van der Waals surface area (Å²) in [4.78, 5) is 23.4. The Kier molecular flexibility index (Phi) is 3.25. The molecular weight excluding hydrogens is 314 g/mol. The second-order valence-corrected chi connectivity index (χ2v) is 5.28. The van der Waals surface area contributed by atoms with Crippen molar-refractivity contribution < 1.29 is 18.7 Å². The molecule has 0 spiro atoms. The average Bonchev–Trinajstić information content (AvgIpc) is 2.87. The van der Waals surface area contributed by atoms with E-state index in [2.05, 4.69) is 4.37 Å². The Labute approximate surface area is 126 Å². The summed E-state index contributed by atoms with van der Waals surface area (Å²) in [6, 6.07) is 1.56. The van der Waals surface area contributed by atoms with Crippen LogP contribution in [-0.2, 0) is 0 Å². The number of rotatable bonds is 2. The zero-order valence-electron chi connectivity index (χ0n) is 11.1. The third kappa shape index (κ3) is 2.08. The van der Waals surface area contributed by atoms with Gasteiger partial charge < -0.3 is 5.11 Å². The van der Waals surface area contributed by atoms with Crippen LogP contribution in [0.5, 0.6) is 0 Å². The number of hydrogen-bond donors (Lipinski definition) is 1. The van der Waals surface area contributed by atoms with Crippen LogP contribution in [0.25, 0.3) is 16.7 Å². The standard InChI is InChI=1S/C14H8F2N2O3S/c1-6-5-22-17-13(6)18-4-8(14(20)21)12(19)7-2-9(15)10(16)3-11(7)18/h2-5H,1H3,(H,20,21). The van der Waals surface area contributed by atoms with Crippen molar-refractivity contribution in [3.63, 3.8) is 0 Å². The average molecular weight is 322 g/mol. The molecule has 0 atom stereocenters. The van der Waals surface area contributed by atoms with Crippen molar-refractivity contribution in [2.75, 3.05) is 0 Å². The number of pyridine rings is 1. The predicted octanol–water partition coefficient (Wildman–Crippen LogP) is 2.73. The molecule has 0 saturated carbocycles. The minimum atomic E-state index is -1.45. The van der Waals surface area contributed by atoms with E-state index < -0.39 is 28.6 Å². The molecule has 0 radical (unpaired) electrons. The van der Waals surface area contributed by atoms with Crippen LogP contribution in [0.1, 0.15) is 15.9 Å². The molecule has 0 aliphatic heterocycles. The van der Waals surface area contributed by atoms with E-state index in [0.29, 0.717) is 11.9 Å². The number of carboxylic acids is 1. The molecule has 2 aromatic heterocycles. The molecule has 1 N–H and O–H groups in total. The molecule has 1 aromatic carbocycles. The van der Waals surface area contributed by atoms with E-state index in [-0.39, 0.29) is 10.9 Å². The van der Waals surface area contributed by atoms with Gasteiger partial charge in [0.1, 0.15) is 5.56 Å². The highest BCUT2D eigenvalue weighted by Crippen LogP contribution is 2.22. The van der Waals surface area contributed by atoms with E-state index in [9.17, 15) is 18.4 Å². The molecule has 2 heterocycles. The summed E-state index contributed by atoms with van der Waals surface area (Å²) in [5, 5.41) is 10.6. The Hall–Kier alpha value is -2.61. The van der Waals surface area contributed by atoms with E-state index in [4.69, 9.17) is 5.11 Å². The molecule has 22 heavy (non-hydrogen) atoms. The van der Waals surface area contributed by atoms with Gasteiger partial charge in [-0.2, -0.15) is 4.37 Å². The fraction of sp³-hybridized carbons (Fsp3) is 0.0714. The van der Waals surface area contributed by atoms with Gasteiger partial charge in [0.05, 0.1) is 10.9 Å². The van der Waals surface area contributed by atoms with Gasteiger partial charge in [-0.3, -0.25) is 9.36 Å². The Bertz CT molecular complexity index is 978. The van der Waals surface area contributed by atoms with Gasteiger partial charge in [0, 0.05) is 23.2 Å². The van der Waals surface area contributed by atoms with Crippen molar-refractivity contribution in [2.24, 2.45) is 0 Å². The summed E-state index contributed by atoms with van der Waals surface area (Å²) in [6.45, 7) is 1.74. The lowest BCUT2D eigenvalue weighted by molar-refractivity contribution is 0.0695. The normalized spacial score (nSPS) is 11.0. The molecule has 112 valence electrons. The number of aromatic nitrogens is 2. The number of aromatic carboxylic acids is 1. The van der Waals surface area contributed by atoms with Crippen molar-refractivity contribution in [3.05, 3.63) is 56.7 Å². The van der Waals surface area contributed by atoms with Gasteiger partial charge >= 0.3 is 5.97 Å². The van der Waals surface area contributed by atoms with Gasteiger partial charge in [-0.1, -0.05) is 0 Å². The number of hydrogen-bond acceptors (Lipinski definition) is 4. The van der Waals surface area contributed by atoms with Gasteiger partial charge in [-0.15, -0.1) is 0 Å². The summed E-state index contributed by atoms with van der Waals surface area (Å²) in [6.07, 6.45) is 1.08. The van der Waals surface area contributed by atoms with Crippen LogP contribution in [0, 0.1) is 18.6 Å². The van der Waals surface area contributed by atoms with Gasteiger partial charge in [0.15, 0.2) is 17.5 Å². The lowest BCUT2D eigenvalue weighted by atomic mass is 10.1. The zero-order valence-corrected chi connectivity index (χ0v) is 11.9. The molecule has 0 fully saturated rings. The van der Waals surface area contributed by atoms with Crippen LogP contribution in [0.4, 0.5) is 8.78 Å². The molecule has 0 saturated heterocycles. The molecule has 3 aromatic rings. The second kappa shape index (κ2) is 4.99. The summed E-state index contributed by atoms with van der Waals surface area (Å²) in [7, 11) is 0. The first-order valence-corrected chi connectivity index (χ1v) is 6.93. The lowest BCUT2D eigenvalue weighted by Crippen LogP contribution is -2.19. The maximum atomic E-state index is 13.5. The summed E-state index contributed by atoms with van der Waals surface area (Å²) >= 11 is 1.13. The number of aryl methyl sites for hydroxylation is 1. The highest BCUT2D eigenvalue weighted by molar-refractivity contribution is 7.03. The number of carboxylic acid groups (broad SMARTS) is 1. The van der Waals surface area contributed by atoms with E-state index in [1.807, 2.05) is 0 Å². The quantitative estimate of drug-likeness (QED) is 0.787. The first-order chi connectivity index (χ1) is 10.4. The number of carbonyl (C=O) groups is 1. The molecule has 5 nitrogen and oxygen atoms in total. The minimum absolute atomic E-state index is 0.0582. The number of nitrogens with zero attached hydrogens (tertiary/aromatic N) is 2. The molecule has 3 rings (SSSR count). The van der Waals surface area contributed by atoms with Crippen molar-refractivity contribution in [2.45, 2.75) is 6.92 Å². The minimum Gasteiger partial charge on any atom is -0.477 e. The predicted molar refractivity (Wildman–Crippen MR) is 76.8 cm³/mol. The number of fused-ring (bicyclic) bond motifs is 1. The largest absolute Gasteiger partial charge is 0.477 e. The molecular formula is C14H8F2N2O3S. The third-order valence-electron chi connectivity index (χ3n) is 3.23. The lowest BCUT2D eigenvalue weighted by Gasteiger charge is -2.11. The van der Waals surface area contributed by atoms with E-state index in [1.165, 1.54) is 4.57 Å². The van der Waals surface area contributed by atoms with Crippen molar-refractivity contribution >= 4 is 28.4 Å². The maximum Gasteiger partial charge on any atom is 0.341 e. The van der Waals surface area contributed by atoms with Crippen LogP contribution >= 0.6 is 11.5 Å². The van der Waals surface area contributed by atoms with Crippen molar-refractivity contribution in [3.8, 4) is 5.82 Å². The van der Waals surface area contributed by atoms with Gasteiger partial charge in [0.2, 0.25) is 5.43 Å². The molecule has 0 bridgehead atoms. The van der Waals surface area contributed by atoms with E-state index in [0.717, 1.165) is 29.4 Å². The maximum absolute atomic E-state index is 13.5. The van der Waals surface area contributed by atoms with Crippen LogP contribution in [0.2, 0.25) is 0 Å². The molecule has 0 aliphatic rings. The van der Waals surface area contributed by atoms with Crippen LogP contribution in [0.3, 0.4) is 0 Å². The Balaban J connectivity index is 2.53. The van der Waals surface area contributed by atoms with Crippen molar-refractivity contribution in [1.29, 1.82) is 0 Å². The van der Waals surface area contributed by atoms with Gasteiger partial charge in [0.25, 0.3) is 0 Å². The fourth-order valence-electron chi connectivity index (χ4n) is 2.16. The van der Waals surface area contributed by atoms with Crippen LogP contribution in [-0.4, -0.2) is 20.0 Å². The molecule has 0 amide bonds. The van der Waals surface area contributed by atoms with E-state index >= 15 is 0 Å². The van der Waals surface area contributed by atoms with E-state index in [1.54, 1.807) is 12.3 Å². The summed E-state index contributed by atoms with van der Waals surface area (Å²) in [5.74, 6) is -3.42. The first-order valence-electron chi connectivity index (χ1n) is 6.09. The summed E-state index contributed by atoms with van der Waals surface area (Å²) < 4.78 is 32.4. The molecule has 8 heteroatoms. The number of halogens is 2. The first kappa shape index (κ1) is 14.3. The Morgan fingerprint density at radius 3 is 2.59 bits per heavy atom. The SMILES string of the molecule is Cc1csnc1-n1cc(C(=O)O)c(=O)c2cc(F)c(F)cc21. The van der Waals surface area contributed by atoms with Crippen LogP contribution < -0.4 is 5.43 Å². The van der Waals surface area contributed by atoms with Gasteiger partial charge in [-0.05, 0) is 24.5 Å². The Morgan fingerprint density at radius 2 is 2.00 bits per heavy atom. The Morgan fingerprint density at radius 1 is 1.32 bits per heavy atom. The fourth-order valence-corrected chi connectivity index (χ4v) is 2.81. The smallest absolute Gasteiger partial charge is 0.341 e. The monoisotopic (exact) mass is 322 g/mol. The topological polar surface area (TPSA) is 72.2 Å². The number of benzene rings is 1. The molecule has 0 unspecified atom stereocenters. The van der Waals surface area contributed by atoms with Crippen molar-refractivity contribution in [1.82, 2.24) is 8.94 Å².